The molecule has 0 spiro atoms. The molecule has 0 atom stereocenters. The number of halogens is 2. The van der Waals surface area contributed by atoms with Gasteiger partial charge in [-0.2, -0.15) is 0 Å². The van der Waals surface area contributed by atoms with Gasteiger partial charge in [-0.3, -0.25) is 14.6 Å². The predicted molar refractivity (Wildman–Crippen MR) is 99.2 cm³/mol. The van der Waals surface area contributed by atoms with Gasteiger partial charge in [0.15, 0.2) is 0 Å². The zero-order chi connectivity index (χ0) is 18.8. The molecule has 0 aliphatic carbocycles. The second-order valence-electron chi connectivity index (χ2n) is 5.70. The molecule has 3 aromatic rings. The molecule has 0 radical (unpaired) electrons. The smallest absolute Gasteiger partial charge is 0.256 e. The van der Waals surface area contributed by atoms with Crippen LogP contribution < -0.4 is 10.6 Å². The number of benzene rings is 2. The first-order valence-corrected chi connectivity index (χ1v) is 8.16. The van der Waals surface area contributed by atoms with Crippen LogP contribution in [0.2, 0.25) is 5.02 Å². The predicted octanol–water partition coefficient (Wildman–Crippen LogP) is 3.95. The van der Waals surface area contributed by atoms with E-state index in [-0.39, 0.29) is 5.91 Å². The van der Waals surface area contributed by atoms with Crippen molar-refractivity contribution in [3.05, 3.63) is 70.1 Å². The van der Waals surface area contributed by atoms with E-state index >= 15 is 0 Å². The lowest BCUT2D eigenvalue weighted by atomic mass is 10.1. The van der Waals surface area contributed by atoms with Gasteiger partial charge in [-0.05, 0) is 43.3 Å². The Bertz CT molecular complexity index is 1030. The summed E-state index contributed by atoms with van der Waals surface area (Å²) in [5.41, 5.74) is 1.99. The van der Waals surface area contributed by atoms with E-state index in [2.05, 4.69) is 15.6 Å². The average Bonchev–Trinajstić information content (AvgIpc) is 2.61. The molecule has 1 aromatic heterocycles. The molecular weight excluding hydrogens is 357 g/mol. The SMILES string of the molecule is CNC(=O)c1ccc(Cl)c(NC(=O)c2cc(C)nc3cc(F)ccc23)c1. The number of pyridine rings is 1. The van der Waals surface area contributed by atoms with E-state index in [4.69, 9.17) is 11.6 Å². The Morgan fingerprint density at radius 1 is 1.08 bits per heavy atom. The van der Waals surface area contributed by atoms with Crippen molar-refractivity contribution < 1.29 is 14.0 Å². The molecule has 7 heteroatoms. The van der Waals surface area contributed by atoms with Crippen LogP contribution in [0, 0.1) is 12.7 Å². The fraction of sp³-hybridized carbons (Fsp3) is 0.105. The third kappa shape index (κ3) is 3.50. The van der Waals surface area contributed by atoms with Gasteiger partial charge >= 0.3 is 0 Å². The number of hydrogen-bond acceptors (Lipinski definition) is 3. The number of carbonyl (C=O) groups excluding carboxylic acids is 2. The van der Waals surface area contributed by atoms with Crippen molar-refractivity contribution in [2.24, 2.45) is 0 Å². The summed E-state index contributed by atoms with van der Waals surface area (Å²) in [5, 5.41) is 6.04. The molecule has 132 valence electrons. The van der Waals surface area contributed by atoms with Crippen molar-refractivity contribution in [1.82, 2.24) is 10.3 Å². The van der Waals surface area contributed by atoms with Gasteiger partial charge < -0.3 is 10.6 Å². The van der Waals surface area contributed by atoms with Crippen molar-refractivity contribution in [3.63, 3.8) is 0 Å². The summed E-state index contributed by atoms with van der Waals surface area (Å²) in [4.78, 5) is 28.8. The van der Waals surface area contributed by atoms with Crippen LogP contribution in [-0.4, -0.2) is 23.8 Å². The highest BCUT2D eigenvalue weighted by molar-refractivity contribution is 6.34. The molecule has 0 aliphatic heterocycles. The van der Waals surface area contributed by atoms with E-state index in [9.17, 15) is 14.0 Å². The van der Waals surface area contributed by atoms with Crippen molar-refractivity contribution in [2.45, 2.75) is 6.92 Å². The number of fused-ring (bicyclic) bond motifs is 1. The van der Waals surface area contributed by atoms with E-state index < -0.39 is 11.7 Å². The van der Waals surface area contributed by atoms with Crippen molar-refractivity contribution in [3.8, 4) is 0 Å². The zero-order valence-electron chi connectivity index (χ0n) is 14.1. The highest BCUT2D eigenvalue weighted by atomic mass is 35.5. The van der Waals surface area contributed by atoms with Gasteiger partial charge in [0.2, 0.25) is 0 Å². The summed E-state index contributed by atoms with van der Waals surface area (Å²) in [5.74, 6) is -1.15. The number of amides is 2. The van der Waals surface area contributed by atoms with E-state index in [1.54, 1.807) is 19.1 Å². The van der Waals surface area contributed by atoms with Crippen LogP contribution in [0.15, 0.2) is 42.5 Å². The topological polar surface area (TPSA) is 71.1 Å². The summed E-state index contributed by atoms with van der Waals surface area (Å²) in [6, 6.07) is 10.3. The first-order chi connectivity index (χ1) is 12.4. The Balaban J connectivity index is 2.01. The number of aryl methyl sites for hydroxylation is 1. The van der Waals surface area contributed by atoms with Gasteiger partial charge in [-0.25, -0.2) is 4.39 Å². The van der Waals surface area contributed by atoms with Crippen molar-refractivity contribution in [2.75, 3.05) is 12.4 Å². The molecule has 2 amide bonds. The lowest BCUT2D eigenvalue weighted by Gasteiger charge is -2.11. The Morgan fingerprint density at radius 2 is 1.85 bits per heavy atom. The Kier molecular flexibility index (Phi) is 4.86. The highest BCUT2D eigenvalue weighted by Gasteiger charge is 2.15. The molecule has 0 saturated heterocycles. The van der Waals surface area contributed by atoms with Gasteiger partial charge in [-0.1, -0.05) is 11.6 Å². The van der Waals surface area contributed by atoms with Gasteiger partial charge in [0.1, 0.15) is 5.82 Å². The Labute approximate surface area is 154 Å². The normalized spacial score (nSPS) is 10.6. The Morgan fingerprint density at radius 3 is 2.58 bits per heavy atom. The largest absolute Gasteiger partial charge is 0.355 e. The minimum Gasteiger partial charge on any atom is -0.355 e. The van der Waals surface area contributed by atoms with Crippen LogP contribution in [0.4, 0.5) is 10.1 Å². The second-order valence-corrected chi connectivity index (χ2v) is 6.11. The molecular formula is C19H15ClFN3O2. The second kappa shape index (κ2) is 7.09. The molecule has 0 unspecified atom stereocenters. The molecule has 1 heterocycles. The maximum absolute atomic E-state index is 13.5. The number of anilines is 1. The fourth-order valence-electron chi connectivity index (χ4n) is 2.62. The van der Waals surface area contributed by atoms with Crippen LogP contribution in [0.5, 0.6) is 0 Å². The van der Waals surface area contributed by atoms with Crippen molar-refractivity contribution >= 4 is 40.0 Å². The third-order valence-electron chi connectivity index (χ3n) is 3.85. The van der Waals surface area contributed by atoms with Crippen molar-refractivity contribution in [1.29, 1.82) is 0 Å². The lowest BCUT2D eigenvalue weighted by Crippen LogP contribution is -2.19. The molecule has 2 N–H and O–H groups in total. The molecule has 3 rings (SSSR count). The molecule has 26 heavy (non-hydrogen) atoms. The molecule has 2 aromatic carbocycles. The lowest BCUT2D eigenvalue weighted by molar-refractivity contribution is 0.0961. The molecule has 0 bridgehead atoms. The third-order valence-corrected chi connectivity index (χ3v) is 4.18. The summed E-state index contributed by atoms with van der Waals surface area (Å²) in [6.45, 7) is 1.72. The molecule has 5 nitrogen and oxygen atoms in total. The number of aromatic nitrogens is 1. The quantitative estimate of drug-likeness (QED) is 0.732. The van der Waals surface area contributed by atoms with Crippen LogP contribution in [0.1, 0.15) is 26.4 Å². The van der Waals surface area contributed by atoms with Crippen LogP contribution in [0.3, 0.4) is 0 Å². The van der Waals surface area contributed by atoms with E-state index in [1.165, 1.54) is 37.4 Å². The van der Waals surface area contributed by atoms with E-state index in [1.807, 2.05) is 0 Å². The van der Waals surface area contributed by atoms with Crippen LogP contribution in [-0.2, 0) is 0 Å². The minimum atomic E-state index is -0.428. The molecule has 0 aliphatic rings. The summed E-state index contributed by atoms with van der Waals surface area (Å²) in [6.07, 6.45) is 0. The van der Waals surface area contributed by atoms with Gasteiger partial charge in [0.25, 0.3) is 11.8 Å². The number of hydrogen-bond donors (Lipinski definition) is 2. The number of nitrogens with zero attached hydrogens (tertiary/aromatic N) is 1. The zero-order valence-corrected chi connectivity index (χ0v) is 14.8. The average molecular weight is 372 g/mol. The van der Waals surface area contributed by atoms with Gasteiger partial charge in [0, 0.05) is 29.8 Å². The maximum Gasteiger partial charge on any atom is 0.256 e. The van der Waals surface area contributed by atoms with Gasteiger partial charge in [0.05, 0.1) is 21.8 Å². The summed E-state index contributed by atoms with van der Waals surface area (Å²) < 4.78 is 13.5. The summed E-state index contributed by atoms with van der Waals surface area (Å²) >= 11 is 6.14. The molecule has 0 fully saturated rings. The number of rotatable bonds is 3. The van der Waals surface area contributed by atoms with E-state index in [0.717, 1.165) is 0 Å². The van der Waals surface area contributed by atoms with Crippen LogP contribution in [0.25, 0.3) is 10.9 Å². The minimum absolute atomic E-state index is 0.294. The number of nitrogens with one attached hydrogen (secondary N) is 2. The maximum atomic E-state index is 13.5. The highest BCUT2D eigenvalue weighted by Crippen LogP contribution is 2.26. The first kappa shape index (κ1) is 17.8. The van der Waals surface area contributed by atoms with Gasteiger partial charge in [-0.15, -0.1) is 0 Å². The van der Waals surface area contributed by atoms with Crippen LogP contribution >= 0.6 is 11.6 Å². The Hall–Kier alpha value is -2.99. The first-order valence-electron chi connectivity index (χ1n) is 7.79. The molecule has 0 saturated carbocycles. The number of carbonyl (C=O) groups is 2. The summed E-state index contributed by atoms with van der Waals surface area (Å²) in [7, 11) is 1.51. The fourth-order valence-corrected chi connectivity index (χ4v) is 2.78. The standard InChI is InChI=1S/C19H15ClFN3O2/c1-10-7-14(13-5-4-12(21)9-16(13)23-10)19(26)24-17-8-11(18(25)22-2)3-6-15(17)20/h3-9H,1-2H3,(H,22,25)(H,24,26). The monoisotopic (exact) mass is 371 g/mol. The van der Waals surface area contributed by atoms with E-state index in [0.29, 0.717) is 38.4 Å².